The number of hydrogen-bond acceptors (Lipinski definition) is 4. The van der Waals surface area contributed by atoms with Gasteiger partial charge in [-0.3, -0.25) is 0 Å². The maximum atomic E-state index is 13.5. The number of alkyl halides is 2. The Morgan fingerprint density at radius 1 is 1.53 bits per heavy atom. The zero-order valence-corrected chi connectivity index (χ0v) is 9.62. The van der Waals surface area contributed by atoms with Crippen LogP contribution in [-0.4, -0.2) is 24.5 Å². The highest BCUT2D eigenvalue weighted by Crippen LogP contribution is 2.31. The van der Waals surface area contributed by atoms with E-state index in [0.717, 1.165) is 6.07 Å². The van der Waals surface area contributed by atoms with E-state index in [-0.39, 0.29) is 17.8 Å². The van der Waals surface area contributed by atoms with Crippen molar-refractivity contribution in [2.24, 2.45) is 0 Å². The maximum Gasteiger partial charge on any atom is 0.377 e. The molecule has 0 radical (unpaired) electrons. The second-order valence-electron chi connectivity index (χ2n) is 4.12. The van der Waals surface area contributed by atoms with Crippen LogP contribution in [-0.2, 0) is 9.53 Å². The van der Waals surface area contributed by atoms with E-state index >= 15 is 0 Å². The normalized spacial score (nSPS) is 20.7. The van der Waals surface area contributed by atoms with E-state index in [1.807, 2.05) is 0 Å². The molecule has 7 heteroatoms. The molecule has 1 aromatic rings. The Hall–Kier alpha value is -2.23. The summed E-state index contributed by atoms with van der Waals surface area (Å²) < 4.78 is 43.7. The SMILES string of the molecule is N#Cc1ccc(NCC2CC(F)(F)C(=O)O2)c(F)c1. The molecule has 4 nitrogen and oxygen atoms in total. The van der Waals surface area contributed by atoms with Crippen LogP contribution in [0.3, 0.4) is 0 Å². The third-order valence-electron chi connectivity index (χ3n) is 2.67. The second-order valence-corrected chi connectivity index (χ2v) is 4.12. The van der Waals surface area contributed by atoms with Crippen molar-refractivity contribution >= 4 is 11.7 Å². The molecule has 0 saturated carbocycles. The Balaban J connectivity index is 1.97. The number of nitriles is 1. The Labute approximate surface area is 106 Å². The first kappa shape index (κ1) is 13.2. The lowest BCUT2D eigenvalue weighted by atomic mass is 10.2. The zero-order valence-electron chi connectivity index (χ0n) is 9.62. The van der Waals surface area contributed by atoms with Gasteiger partial charge in [-0.25, -0.2) is 9.18 Å². The molecule has 1 unspecified atom stereocenters. The molecule has 0 aromatic heterocycles. The van der Waals surface area contributed by atoms with Crippen molar-refractivity contribution in [1.29, 1.82) is 5.26 Å². The molecule has 19 heavy (non-hydrogen) atoms. The number of carbonyl (C=O) groups excluding carboxylic acids is 1. The molecule has 1 aromatic carbocycles. The van der Waals surface area contributed by atoms with Crippen LogP contribution in [0.1, 0.15) is 12.0 Å². The quantitative estimate of drug-likeness (QED) is 0.854. The molecule has 1 atom stereocenters. The first-order valence-electron chi connectivity index (χ1n) is 5.45. The highest BCUT2D eigenvalue weighted by Gasteiger charge is 2.50. The number of nitrogens with zero attached hydrogens (tertiary/aromatic N) is 1. The van der Waals surface area contributed by atoms with Gasteiger partial charge in [0.2, 0.25) is 0 Å². The fourth-order valence-electron chi connectivity index (χ4n) is 1.71. The van der Waals surface area contributed by atoms with Crippen molar-refractivity contribution in [2.75, 3.05) is 11.9 Å². The number of benzene rings is 1. The Morgan fingerprint density at radius 2 is 2.26 bits per heavy atom. The molecule has 1 aliphatic heterocycles. The molecule has 100 valence electrons. The number of rotatable bonds is 3. The van der Waals surface area contributed by atoms with Gasteiger partial charge in [-0.15, -0.1) is 0 Å². The predicted octanol–water partition coefficient (Wildman–Crippen LogP) is 2.06. The first-order chi connectivity index (χ1) is 8.92. The number of ether oxygens (including phenoxy) is 1. The Morgan fingerprint density at radius 3 is 2.79 bits per heavy atom. The van der Waals surface area contributed by atoms with Crippen molar-refractivity contribution in [2.45, 2.75) is 18.4 Å². The van der Waals surface area contributed by atoms with Crippen LogP contribution in [0.25, 0.3) is 0 Å². The minimum atomic E-state index is -3.48. The number of carbonyl (C=O) groups is 1. The van der Waals surface area contributed by atoms with Crippen molar-refractivity contribution in [3.8, 4) is 6.07 Å². The highest BCUT2D eigenvalue weighted by atomic mass is 19.3. The fourth-order valence-corrected chi connectivity index (χ4v) is 1.71. The lowest BCUT2D eigenvalue weighted by Crippen LogP contribution is -2.22. The number of hydrogen-bond donors (Lipinski definition) is 1. The summed E-state index contributed by atoms with van der Waals surface area (Å²) in [5.41, 5.74) is 0.215. The minimum Gasteiger partial charge on any atom is -0.456 e. The summed E-state index contributed by atoms with van der Waals surface area (Å²) in [6.45, 7) is -0.121. The minimum absolute atomic E-state index is 0.0604. The van der Waals surface area contributed by atoms with E-state index in [0.29, 0.717) is 0 Å². The van der Waals surface area contributed by atoms with Gasteiger partial charge in [0.05, 0.1) is 30.3 Å². The van der Waals surface area contributed by atoms with Crippen molar-refractivity contribution < 1.29 is 22.7 Å². The smallest absolute Gasteiger partial charge is 0.377 e. The summed E-state index contributed by atoms with van der Waals surface area (Å²) in [6.07, 6.45) is -1.73. The standard InChI is InChI=1S/C12H9F3N2O2/c13-9-3-7(5-16)1-2-10(9)17-6-8-4-12(14,15)11(18)19-8/h1-3,8,17H,4,6H2. The Bertz CT molecular complexity index is 554. The third-order valence-corrected chi connectivity index (χ3v) is 2.67. The second kappa shape index (κ2) is 4.80. The topological polar surface area (TPSA) is 62.1 Å². The fraction of sp³-hybridized carbons (Fsp3) is 0.333. The Kier molecular flexibility index (Phi) is 3.34. The average Bonchev–Trinajstić information content (AvgIpc) is 2.61. The largest absolute Gasteiger partial charge is 0.456 e. The van der Waals surface area contributed by atoms with E-state index in [1.54, 1.807) is 6.07 Å². The molecule has 0 aliphatic carbocycles. The van der Waals surface area contributed by atoms with Gasteiger partial charge in [-0.1, -0.05) is 0 Å². The molecule has 1 aliphatic rings. The summed E-state index contributed by atoms with van der Waals surface area (Å²) in [6, 6.07) is 5.51. The van der Waals surface area contributed by atoms with Gasteiger partial charge in [0.1, 0.15) is 11.9 Å². The first-order valence-corrected chi connectivity index (χ1v) is 5.45. The number of cyclic esters (lactones) is 1. The van der Waals surface area contributed by atoms with Gasteiger partial charge in [0.15, 0.2) is 0 Å². The maximum absolute atomic E-state index is 13.5. The molecule has 2 rings (SSSR count). The van der Waals surface area contributed by atoms with E-state index in [4.69, 9.17) is 5.26 Å². The molecular formula is C12H9F3N2O2. The summed E-state index contributed by atoms with van der Waals surface area (Å²) in [5, 5.41) is 11.1. The van der Waals surface area contributed by atoms with Crippen molar-refractivity contribution in [3.63, 3.8) is 0 Å². The van der Waals surface area contributed by atoms with Crippen LogP contribution in [0.5, 0.6) is 0 Å². The molecule has 0 amide bonds. The van der Waals surface area contributed by atoms with Gasteiger partial charge >= 0.3 is 11.9 Å². The molecule has 0 bridgehead atoms. The van der Waals surface area contributed by atoms with Gasteiger partial charge in [0.25, 0.3) is 0 Å². The van der Waals surface area contributed by atoms with Crippen LogP contribution < -0.4 is 5.32 Å². The van der Waals surface area contributed by atoms with Crippen LogP contribution >= 0.6 is 0 Å². The van der Waals surface area contributed by atoms with Crippen molar-refractivity contribution in [3.05, 3.63) is 29.6 Å². The van der Waals surface area contributed by atoms with E-state index in [9.17, 15) is 18.0 Å². The summed E-state index contributed by atoms with van der Waals surface area (Å²) in [5.74, 6) is -5.70. The van der Waals surface area contributed by atoms with Crippen LogP contribution in [0.4, 0.5) is 18.9 Å². The summed E-state index contributed by atoms with van der Waals surface area (Å²) in [4.78, 5) is 10.8. The van der Waals surface area contributed by atoms with Crippen LogP contribution in [0.15, 0.2) is 18.2 Å². The molecular weight excluding hydrogens is 261 g/mol. The van der Waals surface area contributed by atoms with Gasteiger partial charge < -0.3 is 10.1 Å². The van der Waals surface area contributed by atoms with E-state index < -0.39 is 30.2 Å². The predicted molar refractivity (Wildman–Crippen MR) is 59.0 cm³/mol. The monoisotopic (exact) mass is 270 g/mol. The summed E-state index contributed by atoms with van der Waals surface area (Å²) in [7, 11) is 0. The average molecular weight is 270 g/mol. The molecule has 1 heterocycles. The molecule has 1 N–H and O–H groups in total. The van der Waals surface area contributed by atoms with E-state index in [1.165, 1.54) is 12.1 Å². The van der Waals surface area contributed by atoms with Crippen molar-refractivity contribution in [1.82, 2.24) is 0 Å². The van der Waals surface area contributed by atoms with Crippen LogP contribution in [0, 0.1) is 17.1 Å². The lowest BCUT2D eigenvalue weighted by molar-refractivity contribution is -0.158. The number of esters is 1. The lowest BCUT2D eigenvalue weighted by Gasteiger charge is -2.11. The van der Waals surface area contributed by atoms with Gasteiger partial charge in [0, 0.05) is 0 Å². The van der Waals surface area contributed by atoms with Gasteiger partial charge in [-0.2, -0.15) is 14.0 Å². The van der Waals surface area contributed by atoms with Crippen LogP contribution in [0.2, 0.25) is 0 Å². The van der Waals surface area contributed by atoms with Gasteiger partial charge in [-0.05, 0) is 18.2 Å². The third kappa shape index (κ3) is 2.78. The molecule has 1 fully saturated rings. The number of halogens is 3. The zero-order chi connectivity index (χ0) is 14.0. The molecule has 1 saturated heterocycles. The number of anilines is 1. The molecule has 0 spiro atoms. The highest BCUT2D eigenvalue weighted by molar-refractivity contribution is 5.79. The number of nitrogens with one attached hydrogen (secondary N) is 1. The van der Waals surface area contributed by atoms with E-state index in [2.05, 4.69) is 10.1 Å². The summed E-state index contributed by atoms with van der Waals surface area (Å²) >= 11 is 0.